The van der Waals surface area contributed by atoms with E-state index >= 15 is 0 Å². The number of hydrogen-bond acceptors (Lipinski definition) is 1. The monoisotopic (exact) mass is 270 g/mol. The molecule has 0 aliphatic carbocycles. The van der Waals surface area contributed by atoms with E-state index in [1.807, 2.05) is 0 Å². The highest BCUT2D eigenvalue weighted by Gasteiger charge is 1.98. The minimum Gasteiger partial charge on any atom is -0.493 e. The van der Waals surface area contributed by atoms with Crippen LogP contribution in [0.3, 0.4) is 0 Å². The third kappa shape index (κ3) is 5.22. The van der Waals surface area contributed by atoms with Crippen molar-refractivity contribution in [1.82, 2.24) is 0 Å². The van der Waals surface area contributed by atoms with Crippen LogP contribution in [0.5, 0.6) is 5.75 Å². The standard InChI is InChI=1S/C13H19BrO/c1-11(2)3-4-12-5-7-13(8-6-12)15-10-9-14/h5-8,11H,3-4,9-10H2,1-2H3. The first-order valence-corrected chi connectivity index (χ1v) is 6.62. The first kappa shape index (κ1) is 12.6. The average Bonchev–Trinajstić information content (AvgIpc) is 2.25. The van der Waals surface area contributed by atoms with Crippen LogP contribution in [0.1, 0.15) is 25.8 Å². The van der Waals surface area contributed by atoms with Crippen LogP contribution in [0, 0.1) is 5.92 Å². The van der Waals surface area contributed by atoms with E-state index in [-0.39, 0.29) is 0 Å². The van der Waals surface area contributed by atoms with Crippen molar-refractivity contribution in [2.75, 3.05) is 11.9 Å². The van der Waals surface area contributed by atoms with Crippen molar-refractivity contribution in [3.8, 4) is 5.75 Å². The van der Waals surface area contributed by atoms with Gasteiger partial charge in [0.25, 0.3) is 0 Å². The fraction of sp³-hybridized carbons (Fsp3) is 0.538. The molecule has 0 heterocycles. The Balaban J connectivity index is 2.41. The molecule has 15 heavy (non-hydrogen) atoms. The van der Waals surface area contributed by atoms with E-state index in [1.54, 1.807) is 0 Å². The van der Waals surface area contributed by atoms with Gasteiger partial charge in [-0.3, -0.25) is 0 Å². The third-order valence-corrected chi connectivity index (χ3v) is 2.60. The summed E-state index contributed by atoms with van der Waals surface area (Å²) in [5.74, 6) is 1.73. The van der Waals surface area contributed by atoms with Crippen LogP contribution in [0.15, 0.2) is 24.3 Å². The maximum absolute atomic E-state index is 5.49. The molecule has 0 bridgehead atoms. The van der Waals surface area contributed by atoms with Crippen molar-refractivity contribution in [2.24, 2.45) is 5.92 Å². The zero-order valence-corrected chi connectivity index (χ0v) is 11.1. The van der Waals surface area contributed by atoms with Crippen LogP contribution >= 0.6 is 15.9 Å². The summed E-state index contributed by atoms with van der Waals surface area (Å²) in [6.07, 6.45) is 2.41. The molecule has 1 nitrogen and oxygen atoms in total. The summed E-state index contributed by atoms with van der Waals surface area (Å²) in [4.78, 5) is 0. The van der Waals surface area contributed by atoms with E-state index in [2.05, 4.69) is 54.0 Å². The summed E-state index contributed by atoms with van der Waals surface area (Å²) in [6.45, 7) is 5.24. The van der Waals surface area contributed by atoms with Gasteiger partial charge < -0.3 is 4.74 Å². The van der Waals surface area contributed by atoms with E-state index in [4.69, 9.17) is 4.74 Å². The Bertz CT molecular complexity index is 266. The van der Waals surface area contributed by atoms with Crippen LogP contribution in [-0.4, -0.2) is 11.9 Å². The van der Waals surface area contributed by atoms with Crippen LogP contribution in [-0.2, 0) is 6.42 Å². The SMILES string of the molecule is CC(C)CCc1ccc(OCCBr)cc1. The van der Waals surface area contributed by atoms with Gasteiger partial charge in [0.2, 0.25) is 0 Å². The molecule has 1 aromatic carbocycles. The van der Waals surface area contributed by atoms with E-state index < -0.39 is 0 Å². The van der Waals surface area contributed by atoms with Gasteiger partial charge in [0.05, 0.1) is 6.61 Å². The average molecular weight is 271 g/mol. The quantitative estimate of drug-likeness (QED) is 0.709. The highest BCUT2D eigenvalue weighted by Crippen LogP contribution is 2.15. The zero-order chi connectivity index (χ0) is 11.1. The minimum absolute atomic E-state index is 0.728. The van der Waals surface area contributed by atoms with Crippen LogP contribution in [0.4, 0.5) is 0 Å². The van der Waals surface area contributed by atoms with Gasteiger partial charge in [-0.15, -0.1) is 0 Å². The van der Waals surface area contributed by atoms with E-state index in [0.29, 0.717) is 0 Å². The van der Waals surface area contributed by atoms with Crippen molar-refractivity contribution in [2.45, 2.75) is 26.7 Å². The number of ether oxygens (including phenoxy) is 1. The first-order valence-electron chi connectivity index (χ1n) is 5.50. The predicted molar refractivity (Wildman–Crippen MR) is 68.9 cm³/mol. The maximum atomic E-state index is 5.49. The number of rotatable bonds is 6. The molecule has 0 aromatic heterocycles. The molecule has 0 aliphatic rings. The lowest BCUT2D eigenvalue weighted by Crippen LogP contribution is -1.98. The van der Waals surface area contributed by atoms with Crippen molar-refractivity contribution < 1.29 is 4.74 Å². The molecule has 0 saturated heterocycles. The van der Waals surface area contributed by atoms with Gasteiger partial charge in [0.1, 0.15) is 5.75 Å². The second-order valence-electron chi connectivity index (χ2n) is 4.11. The molecule has 0 radical (unpaired) electrons. The molecular weight excluding hydrogens is 252 g/mol. The third-order valence-electron chi connectivity index (χ3n) is 2.28. The van der Waals surface area contributed by atoms with Crippen LogP contribution in [0.2, 0.25) is 0 Å². The molecule has 0 aliphatic heterocycles. The smallest absolute Gasteiger partial charge is 0.119 e. The van der Waals surface area contributed by atoms with E-state index in [9.17, 15) is 0 Å². The lowest BCUT2D eigenvalue weighted by atomic mass is 10.0. The first-order chi connectivity index (χ1) is 7.22. The highest BCUT2D eigenvalue weighted by atomic mass is 79.9. The molecule has 0 unspecified atom stereocenters. The Morgan fingerprint density at radius 1 is 1.20 bits per heavy atom. The largest absolute Gasteiger partial charge is 0.493 e. The second kappa shape index (κ2) is 6.89. The second-order valence-corrected chi connectivity index (χ2v) is 4.91. The number of hydrogen-bond donors (Lipinski definition) is 0. The predicted octanol–water partition coefficient (Wildman–Crippen LogP) is 4.05. The number of alkyl halides is 1. The molecule has 0 N–H and O–H groups in total. The fourth-order valence-corrected chi connectivity index (χ4v) is 1.53. The van der Waals surface area contributed by atoms with Gasteiger partial charge in [0.15, 0.2) is 0 Å². The Morgan fingerprint density at radius 3 is 2.40 bits per heavy atom. The van der Waals surface area contributed by atoms with Crippen molar-refractivity contribution in [3.05, 3.63) is 29.8 Å². The molecule has 1 rings (SSSR count). The van der Waals surface area contributed by atoms with Crippen molar-refractivity contribution in [1.29, 1.82) is 0 Å². The molecule has 2 heteroatoms. The Labute approximate surface area is 101 Å². The lowest BCUT2D eigenvalue weighted by molar-refractivity contribution is 0.345. The molecule has 0 saturated carbocycles. The van der Waals surface area contributed by atoms with Crippen LogP contribution in [0.25, 0.3) is 0 Å². The summed E-state index contributed by atoms with van der Waals surface area (Å²) in [5, 5.41) is 0.877. The van der Waals surface area contributed by atoms with Crippen molar-refractivity contribution >= 4 is 15.9 Å². The summed E-state index contributed by atoms with van der Waals surface area (Å²) in [6, 6.07) is 8.43. The Kier molecular flexibility index (Phi) is 5.77. The number of benzene rings is 1. The summed E-state index contributed by atoms with van der Waals surface area (Å²) >= 11 is 3.34. The van der Waals surface area contributed by atoms with Gasteiger partial charge in [0, 0.05) is 5.33 Å². The van der Waals surface area contributed by atoms with Gasteiger partial charge in [-0.05, 0) is 36.5 Å². The maximum Gasteiger partial charge on any atom is 0.119 e. The molecule has 84 valence electrons. The molecular formula is C13H19BrO. The summed E-state index contributed by atoms with van der Waals surface area (Å²) in [7, 11) is 0. The van der Waals surface area contributed by atoms with Gasteiger partial charge >= 0.3 is 0 Å². The Morgan fingerprint density at radius 2 is 1.87 bits per heavy atom. The molecule has 0 amide bonds. The molecule has 0 fully saturated rings. The molecule has 0 atom stereocenters. The highest BCUT2D eigenvalue weighted by molar-refractivity contribution is 9.09. The number of aryl methyl sites for hydroxylation is 1. The van der Waals surface area contributed by atoms with Crippen LogP contribution < -0.4 is 4.74 Å². The Hall–Kier alpha value is -0.500. The normalized spacial score (nSPS) is 10.7. The molecule has 1 aromatic rings. The zero-order valence-electron chi connectivity index (χ0n) is 9.50. The van der Waals surface area contributed by atoms with Crippen molar-refractivity contribution in [3.63, 3.8) is 0 Å². The topological polar surface area (TPSA) is 9.23 Å². The molecule has 0 spiro atoms. The lowest BCUT2D eigenvalue weighted by Gasteiger charge is -2.07. The number of halogens is 1. The van der Waals surface area contributed by atoms with Gasteiger partial charge in [-0.25, -0.2) is 0 Å². The van der Waals surface area contributed by atoms with E-state index in [0.717, 1.165) is 30.0 Å². The minimum atomic E-state index is 0.728. The van der Waals surface area contributed by atoms with E-state index in [1.165, 1.54) is 12.0 Å². The summed E-state index contributed by atoms with van der Waals surface area (Å²) in [5.41, 5.74) is 1.40. The fourth-order valence-electron chi connectivity index (χ4n) is 1.36. The van der Waals surface area contributed by atoms with Gasteiger partial charge in [-0.1, -0.05) is 41.9 Å². The van der Waals surface area contributed by atoms with Gasteiger partial charge in [-0.2, -0.15) is 0 Å². The summed E-state index contributed by atoms with van der Waals surface area (Å²) < 4.78 is 5.49.